The number of hydrogen-bond acceptors (Lipinski definition) is 4. The number of ether oxygens (including phenoxy) is 1. The molecule has 0 N–H and O–H groups in total. The van der Waals surface area contributed by atoms with Crippen molar-refractivity contribution in [2.75, 3.05) is 12.0 Å². The smallest absolute Gasteiger partial charge is 0.274 e. The van der Waals surface area contributed by atoms with Crippen LogP contribution >= 0.6 is 39.1 Å². The zero-order valence-electron chi connectivity index (χ0n) is 21.3. The monoisotopic (exact) mass is 632 g/mol. The van der Waals surface area contributed by atoms with E-state index in [1.165, 1.54) is 33.9 Å². The highest BCUT2D eigenvalue weighted by Gasteiger charge is 2.41. The number of anilines is 1. The first kappa shape index (κ1) is 27.4. The highest BCUT2D eigenvalue weighted by atomic mass is 79.9. The summed E-state index contributed by atoms with van der Waals surface area (Å²) in [7, 11) is 1.58. The summed E-state index contributed by atoms with van der Waals surface area (Å²) in [6.07, 6.45) is 1.49. The van der Waals surface area contributed by atoms with Crippen molar-refractivity contribution in [1.29, 1.82) is 0 Å². The zero-order chi connectivity index (χ0) is 28.0. The molecule has 4 aromatic rings. The van der Waals surface area contributed by atoms with E-state index in [1.807, 2.05) is 30.5 Å². The summed E-state index contributed by atoms with van der Waals surface area (Å²) >= 11 is 16.0. The normalized spacial score (nSPS) is 15.1. The molecule has 202 valence electrons. The molecule has 1 aliphatic rings. The molecule has 0 bridgehead atoms. The van der Waals surface area contributed by atoms with E-state index in [0.717, 1.165) is 5.56 Å². The lowest BCUT2D eigenvalue weighted by atomic mass is 9.93. The Bertz CT molecular complexity index is 1640. The largest absolute Gasteiger partial charge is 0.497 e. The molecule has 11 heteroatoms. The summed E-state index contributed by atoms with van der Waals surface area (Å²) in [6.45, 7) is 4.18. The molecule has 5 rings (SSSR count). The maximum absolute atomic E-state index is 14.7. The van der Waals surface area contributed by atoms with Crippen molar-refractivity contribution in [2.24, 2.45) is 0 Å². The first-order valence-electron chi connectivity index (χ1n) is 12.2. The number of fused-ring (bicyclic) bond motifs is 1. The number of carbonyl (C=O) groups is 1. The standard InChI is InChI=1S/C28H24BrCl2FN4O3/c1-15(2)35-26-22(33-28(35)29)12-24(37)36(25(26)17-6-9-20(31)21(32)10-17)23-11-18(30)14-34(27(23)38)13-16-4-7-19(39-3)8-5-16/h4-11,14-15,25H,12-13H2,1-3H3. The van der Waals surface area contributed by atoms with Crippen LogP contribution in [-0.2, 0) is 17.8 Å². The Hall–Kier alpha value is -3.14. The van der Waals surface area contributed by atoms with E-state index in [0.29, 0.717) is 27.4 Å². The number of pyridine rings is 1. The van der Waals surface area contributed by atoms with Gasteiger partial charge in [0.15, 0.2) is 4.73 Å². The van der Waals surface area contributed by atoms with Crippen LogP contribution in [-0.4, -0.2) is 27.1 Å². The number of rotatable bonds is 6. The lowest BCUT2D eigenvalue weighted by molar-refractivity contribution is -0.118. The number of halogens is 4. The second kappa shape index (κ2) is 10.8. The Morgan fingerprint density at radius 2 is 1.85 bits per heavy atom. The lowest BCUT2D eigenvalue weighted by Crippen LogP contribution is -2.45. The van der Waals surface area contributed by atoms with E-state index in [4.69, 9.17) is 27.9 Å². The molecular formula is C28H24BrCl2FN4O3. The highest BCUT2D eigenvalue weighted by Crippen LogP contribution is 2.41. The molecule has 3 heterocycles. The van der Waals surface area contributed by atoms with Gasteiger partial charge in [-0.05, 0) is 71.2 Å². The number of methoxy groups -OCH3 is 1. The van der Waals surface area contributed by atoms with Crippen molar-refractivity contribution in [3.63, 3.8) is 0 Å². The van der Waals surface area contributed by atoms with Gasteiger partial charge < -0.3 is 13.9 Å². The average molecular weight is 634 g/mol. The summed E-state index contributed by atoms with van der Waals surface area (Å²) in [5, 5.41) is 0.229. The second-order valence-corrected chi connectivity index (χ2v) is 11.1. The molecule has 7 nitrogen and oxygen atoms in total. The van der Waals surface area contributed by atoms with Crippen LogP contribution in [0.4, 0.5) is 10.1 Å². The van der Waals surface area contributed by atoms with Crippen molar-refractivity contribution in [3.8, 4) is 5.75 Å². The molecule has 0 radical (unpaired) electrons. The zero-order valence-corrected chi connectivity index (χ0v) is 24.4. The average Bonchev–Trinajstić information content (AvgIpc) is 3.22. The Morgan fingerprint density at radius 1 is 1.13 bits per heavy atom. The fourth-order valence-corrected chi connectivity index (χ4v) is 6.08. The van der Waals surface area contributed by atoms with Crippen LogP contribution in [0.5, 0.6) is 5.75 Å². The summed E-state index contributed by atoms with van der Waals surface area (Å²) in [5.74, 6) is -0.302. The van der Waals surface area contributed by atoms with Crippen LogP contribution < -0.4 is 15.2 Å². The molecule has 1 atom stereocenters. The molecule has 0 spiro atoms. The minimum absolute atomic E-state index is 0.0370. The molecule has 0 aliphatic carbocycles. The predicted molar refractivity (Wildman–Crippen MR) is 153 cm³/mol. The van der Waals surface area contributed by atoms with Gasteiger partial charge in [0.05, 0.1) is 41.5 Å². The summed E-state index contributed by atoms with van der Waals surface area (Å²) in [5.41, 5.74) is 2.19. The van der Waals surface area contributed by atoms with Crippen molar-refractivity contribution < 1.29 is 13.9 Å². The van der Waals surface area contributed by atoms with Gasteiger partial charge in [-0.15, -0.1) is 0 Å². The van der Waals surface area contributed by atoms with Crippen LogP contribution in [0, 0.1) is 5.82 Å². The Labute approximate surface area is 242 Å². The maximum atomic E-state index is 14.7. The third-order valence-corrected chi connectivity index (χ3v) is 7.74. The van der Waals surface area contributed by atoms with Crippen molar-refractivity contribution >= 4 is 50.7 Å². The number of imidazole rings is 1. The van der Waals surface area contributed by atoms with Crippen LogP contribution in [0.15, 0.2) is 64.3 Å². The number of nitrogens with zero attached hydrogens (tertiary/aromatic N) is 4. The summed E-state index contributed by atoms with van der Waals surface area (Å²) < 4.78 is 23.9. The number of hydrogen-bond donors (Lipinski definition) is 0. The van der Waals surface area contributed by atoms with E-state index in [2.05, 4.69) is 20.9 Å². The Morgan fingerprint density at radius 3 is 2.49 bits per heavy atom. The van der Waals surface area contributed by atoms with E-state index in [-0.39, 0.29) is 40.6 Å². The third-order valence-electron chi connectivity index (χ3n) is 6.67. The number of benzene rings is 2. The topological polar surface area (TPSA) is 69.4 Å². The maximum Gasteiger partial charge on any atom is 0.274 e. The van der Waals surface area contributed by atoms with Gasteiger partial charge in [-0.1, -0.05) is 41.4 Å². The molecule has 0 fully saturated rings. The first-order valence-corrected chi connectivity index (χ1v) is 13.7. The molecule has 1 unspecified atom stereocenters. The van der Waals surface area contributed by atoms with Gasteiger partial charge in [-0.2, -0.15) is 0 Å². The van der Waals surface area contributed by atoms with Gasteiger partial charge in [0.1, 0.15) is 23.3 Å². The number of aromatic nitrogens is 3. The molecule has 1 amide bonds. The van der Waals surface area contributed by atoms with Crippen molar-refractivity contribution in [3.05, 3.63) is 108 Å². The fourth-order valence-electron chi connectivity index (χ4n) is 4.93. The van der Waals surface area contributed by atoms with E-state index in [9.17, 15) is 14.0 Å². The van der Waals surface area contributed by atoms with Crippen LogP contribution in [0.2, 0.25) is 10.0 Å². The van der Waals surface area contributed by atoms with Crippen molar-refractivity contribution in [1.82, 2.24) is 14.1 Å². The molecule has 2 aromatic heterocycles. The van der Waals surface area contributed by atoms with Gasteiger partial charge in [0, 0.05) is 12.2 Å². The molecule has 2 aromatic carbocycles. The predicted octanol–water partition coefficient (Wildman–Crippen LogP) is 6.57. The summed E-state index contributed by atoms with van der Waals surface area (Å²) in [4.78, 5) is 33.6. The van der Waals surface area contributed by atoms with Gasteiger partial charge in [-0.3, -0.25) is 14.5 Å². The number of amides is 1. The highest BCUT2D eigenvalue weighted by molar-refractivity contribution is 9.10. The van der Waals surface area contributed by atoms with Gasteiger partial charge >= 0.3 is 0 Å². The van der Waals surface area contributed by atoms with Gasteiger partial charge in [-0.25, -0.2) is 9.37 Å². The minimum atomic E-state index is -0.852. The van der Waals surface area contributed by atoms with E-state index >= 15 is 0 Å². The van der Waals surface area contributed by atoms with Crippen LogP contribution in [0.3, 0.4) is 0 Å². The first-order chi connectivity index (χ1) is 18.6. The molecule has 0 saturated heterocycles. The SMILES string of the molecule is COc1ccc(Cn2cc(Cl)cc(N3C(=O)Cc4nc(Br)n(C(C)C)c4C3c3ccc(Cl)c(F)c3)c2=O)cc1. The van der Waals surface area contributed by atoms with Crippen LogP contribution in [0.25, 0.3) is 0 Å². The third kappa shape index (κ3) is 5.11. The van der Waals surface area contributed by atoms with Gasteiger partial charge in [0.2, 0.25) is 5.91 Å². The van der Waals surface area contributed by atoms with E-state index < -0.39 is 17.4 Å². The Kier molecular flexibility index (Phi) is 7.59. The van der Waals surface area contributed by atoms with Gasteiger partial charge in [0.25, 0.3) is 5.56 Å². The molecule has 1 aliphatic heterocycles. The van der Waals surface area contributed by atoms with E-state index in [1.54, 1.807) is 25.3 Å². The van der Waals surface area contributed by atoms with Crippen LogP contribution in [0.1, 0.15) is 48.4 Å². The minimum Gasteiger partial charge on any atom is -0.497 e. The van der Waals surface area contributed by atoms with Crippen molar-refractivity contribution in [2.45, 2.75) is 38.9 Å². The molecular weight excluding hydrogens is 610 g/mol. The quantitative estimate of drug-likeness (QED) is 0.241. The number of carbonyl (C=O) groups excluding carboxylic acids is 1. The lowest BCUT2D eigenvalue weighted by Gasteiger charge is -2.37. The summed E-state index contributed by atoms with van der Waals surface area (Å²) in [6, 6.07) is 12.3. The Balaban J connectivity index is 1.70. The molecule has 39 heavy (non-hydrogen) atoms. The second-order valence-electron chi connectivity index (χ2n) is 9.52. The molecule has 0 saturated carbocycles. The fraction of sp³-hybridized carbons (Fsp3) is 0.250.